The molecule has 0 bridgehead atoms. The molecular weight excluding hydrogens is 404 g/mol. The normalized spacial score (nSPS) is 14.1. The number of fused-ring (bicyclic) bond motifs is 1. The first-order valence-corrected chi connectivity index (χ1v) is 7.84. The van der Waals surface area contributed by atoms with Crippen LogP contribution in [-0.2, 0) is 31.3 Å². The number of allylic oxidation sites excluding steroid dienone is 1. The summed E-state index contributed by atoms with van der Waals surface area (Å²) in [5.74, 6) is 2.43. The van der Waals surface area contributed by atoms with Gasteiger partial charge in [0.25, 0.3) is 0 Å². The molecule has 0 aromatic heterocycles. The van der Waals surface area contributed by atoms with Crippen LogP contribution in [0.3, 0.4) is 0 Å². The number of aliphatic hydroxyl groups is 1. The van der Waals surface area contributed by atoms with Crippen LogP contribution in [0.1, 0.15) is 37.3 Å². The Morgan fingerprint density at radius 2 is 1.54 bits per heavy atom. The van der Waals surface area contributed by atoms with E-state index in [1.807, 2.05) is 13.0 Å². The second kappa shape index (κ2) is 17.2. The maximum absolute atomic E-state index is 9.50. The van der Waals surface area contributed by atoms with Crippen molar-refractivity contribution in [2.75, 3.05) is 27.9 Å². The van der Waals surface area contributed by atoms with Gasteiger partial charge in [0.05, 0.1) is 21.3 Å². The fraction of sp³-hybridized carbons (Fsp3) is 0.450. The predicted molar refractivity (Wildman–Crippen MR) is 95.1 cm³/mol. The number of methoxy groups -OCH3 is 3. The van der Waals surface area contributed by atoms with Gasteiger partial charge in [-0.3, -0.25) is 0 Å². The summed E-state index contributed by atoms with van der Waals surface area (Å²) >= 11 is 0. The van der Waals surface area contributed by atoms with Crippen molar-refractivity contribution >= 4 is 5.57 Å². The molecule has 0 amide bonds. The molecule has 2 rings (SSSR count). The summed E-state index contributed by atoms with van der Waals surface area (Å²) < 4.78 is 39.0. The van der Waals surface area contributed by atoms with Crippen LogP contribution in [-0.4, -0.2) is 33.0 Å². The Morgan fingerprint density at radius 1 is 1.04 bits per heavy atom. The summed E-state index contributed by atoms with van der Waals surface area (Å²) in [6, 6.07) is 1.99. The van der Waals surface area contributed by atoms with Gasteiger partial charge in [-0.25, -0.2) is 0 Å². The molecule has 0 saturated carbocycles. The molecule has 0 fully saturated rings. The second-order valence-corrected chi connectivity index (χ2v) is 5.49. The summed E-state index contributed by atoms with van der Waals surface area (Å²) in [4.78, 5) is 0. The van der Waals surface area contributed by atoms with Crippen LogP contribution in [0.5, 0.6) is 17.2 Å². The molecule has 0 unspecified atom stereocenters. The van der Waals surface area contributed by atoms with Gasteiger partial charge < -0.3 is 19.3 Å². The molecule has 1 aromatic carbocycles. The first-order valence-electron chi connectivity index (χ1n) is 7.84. The summed E-state index contributed by atoms with van der Waals surface area (Å²) in [6.45, 7) is 17.8. The van der Waals surface area contributed by atoms with E-state index in [4.69, 9.17) is 28.2 Å². The third-order valence-corrected chi connectivity index (χ3v) is 4.17. The van der Waals surface area contributed by atoms with Crippen molar-refractivity contribution in [1.82, 2.24) is 0 Å². The van der Waals surface area contributed by atoms with Crippen LogP contribution in [0.25, 0.3) is 5.57 Å². The summed E-state index contributed by atoms with van der Waals surface area (Å²) in [5.41, 5.74) is 3.36. The second-order valence-electron chi connectivity index (χ2n) is 5.49. The molecule has 152 valence electrons. The molecule has 0 heterocycles. The zero-order valence-corrected chi connectivity index (χ0v) is 17.8. The van der Waals surface area contributed by atoms with Crippen molar-refractivity contribution in [3.8, 4) is 17.2 Å². The van der Waals surface area contributed by atoms with E-state index in [1.54, 1.807) is 21.3 Å². The van der Waals surface area contributed by atoms with Crippen molar-refractivity contribution in [3.05, 3.63) is 43.2 Å². The molecule has 28 heavy (non-hydrogen) atoms. The zero-order valence-electron chi connectivity index (χ0n) is 16.5. The van der Waals surface area contributed by atoms with Crippen LogP contribution in [0.4, 0.5) is 0 Å². The average molecular weight is 428 g/mol. The molecule has 7 nitrogen and oxygen atoms in total. The van der Waals surface area contributed by atoms with Gasteiger partial charge in [0.1, 0.15) is 0 Å². The van der Waals surface area contributed by atoms with Gasteiger partial charge in [-0.1, -0.05) is 19.9 Å². The molecule has 0 saturated heterocycles. The predicted octanol–water partition coefficient (Wildman–Crippen LogP) is 3.12. The number of hydrogen-bond acceptors (Lipinski definition) is 4. The van der Waals surface area contributed by atoms with Crippen LogP contribution >= 0.6 is 0 Å². The van der Waals surface area contributed by atoms with E-state index in [9.17, 15) is 5.11 Å². The Balaban J connectivity index is -0.000000815. The third-order valence-electron chi connectivity index (χ3n) is 4.17. The Morgan fingerprint density at radius 3 is 1.93 bits per heavy atom. The summed E-state index contributed by atoms with van der Waals surface area (Å²) in [6.07, 6.45) is 3.14. The Bertz CT molecular complexity index is 663. The number of ether oxygens (including phenoxy) is 3. The van der Waals surface area contributed by atoms with E-state index >= 15 is 0 Å². The van der Waals surface area contributed by atoms with Crippen LogP contribution < -0.4 is 14.2 Å². The fourth-order valence-corrected chi connectivity index (χ4v) is 3.00. The molecule has 0 aliphatic heterocycles. The number of benzene rings is 1. The molecule has 1 aliphatic carbocycles. The van der Waals surface area contributed by atoms with Gasteiger partial charge in [-0.2, -0.15) is 0 Å². The quantitative estimate of drug-likeness (QED) is 0.574. The summed E-state index contributed by atoms with van der Waals surface area (Å²) in [7, 11) is 4.89. The van der Waals surface area contributed by atoms with E-state index in [0.717, 1.165) is 28.9 Å². The van der Waals surface area contributed by atoms with Crippen LogP contribution in [0.2, 0.25) is 0 Å². The van der Waals surface area contributed by atoms with Gasteiger partial charge in [-0.05, 0) is 29.5 Å². The van der Waals surface area contributed by atoms with Gasteiger partial charge in [0, 0.05) is 35.4 Å². The molecular formula is C20H24CrO7. The third kappa shape index (κ3) is 6.91. The van der Waals surface area contributed by atoms with Crippen molar-refractivity contribution < 1.29 is 50.6 Å². The molecule has 2 atom stereocenters. The van der Waals surface area contributed by atoms with E-state index in [2.05, 4.69) is 33.0 Å². The zero-order chi connectivity index (χ0) is 21.6. The van der Waals surface area contributed by atoms with Crippen molar-refractivity contribution in [3.63, 3.8) is 0 Å². The molecule has 0 radical (unpaired) electrons. The van der Waals surface area contributed by atoms with Gasteiger partial charge in [0.2, 0.25) is 5.75 Å². The number of hydrogen-bond donors (Lipinski definition) is 1. The topological polar surface area (TPSA) is 108 Å². The minimum absolute atomic E-state index is 0. The monoisotopic (exact) mass is 428 g/mol. The van der Waals surface area contributed by atoms with E-state index in [0.29, 0.717) is 17.4 Å². The maximum atomic E-state index is 9.50. The number of rotatable bonds is 5. The summed E-state index contributed by atoms with van der Waals surface area (Å²) in [5, 5.41) is 9.50. The van der Waals surface area contributed by atoms with E-state index in [1.165, 1.54) is 0 Å². The largest absolute Gasteiger partial charge is 0 e. The van der Waals surface area contributed by atoms with E-state index in [-0.39, 0.29) is 29.9 Å². The number of aliphatic hydroxyl groups excluding tert-OH is 1. The minimum atomic E-state index is 0. The maximum Gasteiger partial charge on any atom is 0 e. The van der Waals surface area contributed by atoms with Crippen molar-refractivity contribution in [2.24, 2.45) is 5.92 Å². The van der Waals surface area contributed by atoms with Gasteiger partial charge in [-0.15, -0.1) is 0 Å². The molecule has 1 aromatic rings. The molecule has 8 heteroatoms. The molecule has 0 spiro atoms. The van der Waals surface area contributed by atoms with E-state index < -0.39 is 0 Å². The molecule has 1 aliphatic rings. The Kier molecular flexibility index (Phi) is 18.9. The standard InChI is InChI=1S/C17H24O4.3CO.Cr/c1-10-6-7-12(11(2)9-18)13-8-14(19-3)16(20-4)17(21-5)15(10)13;3*1-2;/h7-8,10-11,18H,6,9H2,1-5H3;;;;/t10-,11-;;;;/m0..../s1. The Labute approximate surface area is 177 Å². The minimum Gasteiger partial charge on any atom is 0 e. The first-order chi connectivity index (χ1) is 13.1. The van der Waals surface area contributed by atoms with Gasteiger partial charge >= 0.3 is 33.9 Å². The average Bonchev–Trinajstić information content (AvgIpc) is 2.76. The van der Waals surface area contributed by atoms with Crippen LogP contribution in [0, 0.1) is 25.9 Å². The molecule has 1 N–H and O–H groups in total. The van der Waals surface area contributed by atoms with Crippen LogP contribution in [0.15, 0.2) is 12.1 Å². The Hall–Kier alpha value is -1.93. The van der Waals surface area contributed by atoms with Crippen molar-refractivity contribution in [1.29, 1.82) is 0 Å². The van der Waals surface area contributed by atoms with Gasteiger partial charge in [0.15, 0.2) is 11.5 Å². The SMILES string of the molecule is COc1cc2c(c(OC)c1OC)[C@@H](C)CC=C2[C@@H](C)CO.[C-]#[O+].[C-]#[O+].[C-]#[O+].[Cr]. The van der Waals surface area contributed by atoms with Crippen molar-refractivity contribution in [2.45, 2.75) is 26.2 Å². The smallest absolute Gasteiger partial charge is 0 e. The fourth-order valence-electron chi connectivity index (χ4n) is 3.00. The first kappa shape index (κ1) is 30.8.